The maximum Gasteiger partial charge on any atom is 0.261 e. The van der Waals surface area contributed by atoms with Crippen LogP contribution < -0.4 is 9.61 Å². The van der Waals surface area contributed by atoms with Crippen molar-refractivity contribution < 1.29 is 9.32 Å². The van der Waals surface area contributed by atoms with E-state index >= 15 is 0 Å². The zero-order valence-corrected chi connectivity index (χ0v) is 12.4. The average molecular weight is 289 g/mol. The summed E-state index contributed by atoms with van der Waals surface area (Å²) in [5.41, 5.74) is -2.38. The monoisotopic (exact) mass is 289 g/mol. The topological polar surface area (TPSA) is 38.3 Å². The Labute approximate surface area is 111 Å². The van der Waals surface area contributed by atoms with E-state index in [1.165, 1.54) is 11.4 Å². The molecule has 1 aromatic rings. The smallest absolute Gasteiger partial charge is 0.261 e. The highest BCUT2D eigenvalue weighted by molar-refractivity contribution is 8.69. The Morgan fingerprint density at radius 3 is 2.71 bits per heavy atom. The molecule has 94 valence electrons. The van der Waals surface area contributed by atoms with E-state index in [4.69, 9.17) is 16.3 Å². The maximum atomic E-state index is 10.6. The van der Waals surface area contributed by atoms with Crippen LogP contribution in [-0.2, 0) is 16.6 Å². The number of hydrogen-bond donors (Lipinski definition) is 1. The molecule has 1 aromatic carbocycles. The van der Waals surface area contributed by atoms with Gasteiger partial charge in [-0.05, 0) is 30.4 Å². The quantitative estimate of drug-likeness (QED) is 0.615. The number of benzene rings is 1. The van der Waals surface area contributed by atoms with Gasteiger partial charge in [-0.1, -0.05) is 43.4 Å². The molecule has 0 aromatic heterocycles. The van der Waals surface area contributed by atoms with Crippen molar-refractivity contribution in [3.63, 3.8) is 0 Å². The molecule has 0 aliphatic carbocycles. The maximum absolute atomic E-state index is 10.6. The minimum atomic E-state index is -2.38. The fraction of sp³-hybridized carbons (Fsp3) is 0.364. The van der Waals surface area contributed by atoms with E-state index in [9.17, 15) is 4.79 Å². The van der Waals surface area contributed by atoms with Crippen molar-refractivity contribution in [3.05, 3.63) is 30.3 Å². The summed E-state index contributed by atoms with van der Waals surface area (Å²) < 4.78 is 5.76. The van der Waals surface area contributed by atoms with Crippen LogP contribution in [0, 0.1) is 0 Å². The van der Waals surface area contributed by atoms with Crippen molar-refractivity contribution in [2.75, 3.05) is 0 Å². The van der Waals surface area contributed by atoms with E-state index in [2.05, 4.69) is 18.9 Å². The van der Waals surface area contributed by atoms with E-state index in [1.54, 1.807) is 0 Å². The number of nitrogens with one attached hydrogen (secondary N) is 1. The lowest BCUT2D eigenvalue weighted by Gasteiger charge is -2.23. The summed E-state index contributed by atoms with van der Waals surface area (Å²) in [6, 6.07) is 9.34. The number of hydrogen-bond acceptors (Lipinski definition) is 4. The van der Waals surface area contributed by atoms with Crippen LogP contribution in [0.3, 0.4) is 0 Å². The number of amides is 1. The molecule has 1 N–H and O–H groups in total. The van der Waals surface area contributed by atoms with Crippen LogP contribution in [-0.4, -0.2) is 11.7 Å². The molecular formula is C11H16NO2PS2. The van der Waals surface area contributed by atoms with Gasteiger partial charge >= 0.3 is 0 Å². The molecule has 0 aliphatic rings. The molecule has 0 aliphatic heterocycles. The number of rotatable bonds is 7. The van der Waals surface area contributed by atoms with Crippen molar-refractivity contribution in [3.8, 4) is 5.75 Å². The molecule has 1 amide bonds. The second-order valence-electron chi connectivity index (χ2n) is 3.47. The molecule has 0 heterocycles. The Hall–Kier alpha value is -0.510. The van der Waals surface area contributed by atoms with Crippen molar-refractivity contribution >= 4 is 35.2 Å². The van der Waals surface area contributed by atoms with Crippen LogP contribution in [0.1, 0.15) is 20.3 Å². The molecule has 0 saturated carbocycles. The molecule has 1 rings (SSSR count). The van der Waals surface area contributed by atoms with Crippen LogP contribution >= 0.6 is 17.0 Å². The van der Waals surface area contributed by atoms with Gasteiger partial charge in [-0.15, -0.1) is 0 Å². The minimum Gasteiger partial charge on any atom is -0.441 e. The lowest BCUT2D eigenvalue weighted by atomic mass is 10.3. The Kier molecular flexibility index (Phi) is 6.03. The summed E-state index contributed by atoms with van der Waals surface area (Å²) in [6.45, 7) is 4.16. The van der Waals surface area contributed by atoms with Gasteiger partial charge in [0, 0.05) is 5.25 Å². The first-order valence-electron chi connectivity index (χ1n) is 5.34. The first-order valence-corrected chi connectivity index (χ1v) is 9.54. The van der Waals surface area contributed by atoms with Crippen molar-refractivity contribution in [2.24, 2.45) is 0 Å². The summed E-state index contributed by atoms with van der Waals surface area (Å²) >= 11 is 6.96. The number of carbonyl (C=O) groups excluding carboxylic acids is 1. The third-order valence-corrected chi connectivity index (χ3v) is 7.68. The Bertz CT molecular complexity index is 400. The largest absolute Gasteiger partial charge is 0.441 e. The van der Waals surface area contributed by atoms with E-state index in [1.807, 2.05) is 30.3 Å². The first kappa shape index (κ1) is 14.6. The van der Waals surface area contributed by atoms with Crippen molar-refractivity contribution in [2.45, 2.75) is 25.5 Å². The normalized spacial score (nSPS) is 15.6. The molecule has 0 saturated heterocycles. The van der Waals surface area contributed by atoms with Gasteiger partial charge in [-0.25, -0.2) is 0 Å². The predicted octanol–water partition coefficient (Wildman–Crippen LogP) is 3.57. The van der Waals surface area contributed by atoms with Gasteiger partial charge in [0.05, 0.1) is 0 Å². The number of para-hydroxylation sites is 1. The van der Waals surface area contributed by atoms with Gasteiger partial charge in [0.15, 0.2) is 0 Å². The molecular weight excluding hydrogens is 273 g/mol. The van der Waals surface area contributed by atoms with E-state index in [-0.39, 0.29) is 0 Å². The van der Waals surface area contributed by atoms with Crippen LogP contribution in [0.2, 0.25) is 0 Å². The molecule has 0 radical (unpaired) electrons. The molecule has 0 fully saturated rings. The fourth-order valence-corrected chi connectivity index (χ4v) is 6.66. The van der Waals surface area contributed by atoms with Gasteiger partial charge in [0.25, 0.3) is 5.62 Å². The highest BCUT2D eigenvalue weighted by Crippen LogP contribution is 2.57. The van der Waals surface area contributed by atoms with E-state index in [0.29, 0.717) is 17.4 Å². The van der Waals surface area contributed by atoms with E-state index < -0.39 is 5.62 Å². The molecule has 17 heavy (non-hydrogen) atoms. The summed E-state index contributed by atoms with van der Waals surface area (Å²) in [4.78, 5) is 10.6. The molecule has 2 unspecified atom stereocenters. The van der Waals surface area contributed by atoms with Gasteiger partial charge in [0.1, 0.15) is 5.75 Å². The Balaban J connectivity index is 2.78. The first-order chi connectivity index (χ1) is 8.09. The summed E-state index contributed by atoms with van der Waals surface area (Å²) in [6.07, 6.45) is 1.61. The second kappa shape index (κ2) is 7.04. The Morgan fingerprint density at radius 1 is 1.53 bits per heavy atom. The van der Waals surface area contributed by atoms with Crippen LogP contribution in [0.5, 0.6) is 5.75 Å². The van der Waals surface area contributed by atoms with Crippen LogP contribution in [0.15, 0.2) is 30.3 Å². The third kappa shape index (κ3) is 5.11. The van der Waals surface area contributed by atoms with Gasteiger partial charge in [-0.3, -0.25) is 9.88 Å². The van der Waals surface area contributed by atoms with Crippen molar-refractivity contribution in [1.29, 1.82) is 0 Å². The minimum absolute atomic E-state index is 0.358. The standard InChI is InChI=1S/C11H16NO2PS2/c1-3-10(2)17-15(16,12-9-13)14-11-7-5-4-6-8-11/h4-10H,3H2,1-2H3,(H,12,13,16). The lowest BCUT2D eigenvalue weighted by Crippen LogP contribution is -2.11. The third-order valence-electron chi connectivity index (χ3n) is 2.07. The molecule has 2 atom stereocenters. The van der Waals surface area contributed by atoms with Gasteiger partial charge < -0.3 is 4.52 Å². The average Bonchev–Trinajstić information content (AvgIpc) is 2.30. The fourth-order valence-electron chi connectivity index (χ4n) is 1.07. The van der Waals surface area contributed by atoms with Gasteiger partial charge in [0.2, 0.25) is 6.41 Å². The van der Waals surface area contributed by atoms with Crippen molar-refractivity contribution in [1.82, 2.24) is 5.09 Å². The molecule has 0 bridgehead atoms. The van der Waals surface area contributed by atoms with E-state index in [0.717, 1.165) is 6.42 Å². The zero-order valence-electron chi connectivity index (χ0n) is 9.83. The number of carbonyl (C=O) groups is 1. The summed E-state index contributed by atoms with van der Waals surface area (Å²) in [5.74, 6) is 0.695. The zero-order chi connectivity index (χ0) is 12.7. The second-order valence-corrected chi connectivity index (χ2v) is 10.3. The van der Waals surface area contributed by atoms with Crippen LogP contribution in [0.4, 0.5) is 0 Å². The highest BCUT2D eigenvalue weighted by atomic mass is 32.9. The lowest BCUT2D eigenvalue weighted by molar-refractivity contribution is -0.108. The van der Waals surface area contributed by atoms with Gasteiger partial charge in [-0.2, -0.15) is 0 Å². The summed E-state index contributed by atoms with van der Waals surface area (Å²) in [7, 11) is 0. The molecule has 3 nitrogen and oxygen atoms in total. The molecule has 6 heteroatoms. The SMILES string of the molecule is CCC(C)SP(=S)(NC=O)Oc1ccccc1. The Morgan fingerprint density at radius 2 is 2.18 bits per heavy atom. The predicted molar refractivity (Wildman–Crippen MR) is 77.9 cm³/mol. The van der Waals surface area contributed by atoms with Crippen LogP contribution in [0.25, 0.3) is 0 Å². The molecule has 0 spiro atoms. The summed E-state index contributed by atoms with van der Waals surface area (Å²) in [5, 5.41) is 3.02. The highest BCUT2D eigenvalue weighted by Gasteiger charge is 2.22.